The van der Waals surface area contributed by atoms with Gasteiger partial charge in [0.05, 0.1) is 11.4 Å². The van der Waals surface area contributed by atoms with Gasteiger partial charge in [-0.15, -0.1) is 0 Å². The number of halogens is 2. The molecular formula is C22H14Cl2N2O. The molecule has 0 saturated carbocycles. The second-order valence-electron chi connectivity index (χ2n) is 5.98. The molecule has 3 aromatic carbocycles. The zero-order valence-electron chi connectivity index (χ0n) is 14.1. The summed E-state index contributed by atoms with van der Waals surface area (Å²) in [5, 5.41) is 6.58. The lowest BCUT2D eigenvalue weighted by Crippen LogP contribution is -2.04. The smallest absolute Gasteiger partial charge is 0.204 e. The molecule has 0 radical (unpaired) electrons. The average Bonchev–Trinajstić information content (AvgIpc) is 2.92. The van der Waals surface area contributed by atoms with Crippen molar-refractivity contribution in [3.05, 3.63) is 104 Å². The highest BCUT2D eigenvalue weighted by Crippen LogP contribution is 2.25. The Morgan fingerprint density at radius 2 is 1.59 bits per heavy atom. The number of hydrogen-bond donors (Lipinski definition) is 0. The quantitative estimate of drug-likeness (QED) is 0.437. The van der Waals surface area contributed by atoms with Gasteiger partial charge in [0, 0.05) is 15.4 Å². The second-order valence-corrected chi connectivity index (χ2v) is 6.82. The molecular weight excluding hydrogens is 379 g/mol. The normalized spacial score (nSPS) is 11.3. The van der Waals surface area contributed by atoms with Gasteiger partial charge in [-0.25, -0.2) is 4.68 Å². The molecule has 5 heteroatoms. The molecule has 0 saturated heterocycles. The van der Waals surface area contributed by atoms with Crippen molar-refractivity contribution in [2.24, 2.45) is 0 Å². The third-order valence-electron chi connectivity index (χ3n) is 4.19. The summed E-state index contributed by atoms with van der Waals surface area (Å²) in [5.41, 5.74) is 2.79. The largest absolute Gasteiger partial charge is 0.288 e. The minimum absolute atomic E-state index is 0.0875. The van der Waals surface area contributed by atoms with Gasteiger partial charge < -0.3 is 0 Å². The SMILES string of the molecule is O=c1ccccc2c(C=Cc3ccc(Cl)cc3Cl)nn(-c3ccccc3)c12. The Balaban J connectivity index is 1.92. The fourth-order valence-electron chi connectivity index (χ4n) is 2.91. The van der Waals surface area contributed by atoms with E-state index in [-0.39, 0.29) is 5.43 Å². The molecule has 1 heterocycles. The standard InChI is InChI=1S/C22H14Cl2N2O/c23-16-12-10-15(19(24)14-16)11-13-20-18-8-4-5-9-21(27)22(18)26(25-20)17-6-2-1-3-7-17/h1-14H. The summed E-state index contributed by atoms with van der Waals surface area (Å²) < 4.78 is 1.68. The molecule has 0 bridgehead atoms. The van der Waals surface area contributed by atoms with Crippen molar-refractivity contribution in [1.29, 1.82) is 0 Å². The molecule has 3 nitrogen and oxygen atoms in total. The first-order chi connectivity index (χ1) is 13.1. The molecule has 0 amide bonds. The van der Waals surface area contributed by atoms with E-state index in [4.69, 9.17) is 23.2 Å². The van der Waals surface area contributed by atoms with E-state index in [1.54, 1.807) is 28.9 Å². The summed E-state index contributed by atoms with van der Waals surface area (Å²) in [4.78, 5) is 12.6. The molecule has 0 aliphatic rings. The molecule has 0 N–H and O–H groups in total. The first-order valence-electron chi connectivity index (χ1n) is 8.34. The summed E-state index contributed by atoms with van der Waals surface area (Å²) in [6.07, 6.45) is 3.73. The lowest BCUT2D eigenvalue weighted by atomic mass is 10.1. The Morgan fingerprint density at radius 1 is 0.852 bits per heavy atom. The number of rotatable bonds is 3. The maximum Gasteiger partial charge on any atom is 0.204 e. The molecule has 0 aliphatic carbocycles. The number of benzene rings is 2. The van der Waals surface area contributed by atoms with Gasteiger partial charge in [0.15, 0.2) is 0 Å². The van der Waals surface area contributed by atoms with E-state index < -0.39 is 0 Å². The zero-order valence-corrected chi connectivity index (χ0v) is 15.7. The van der Waals surface area contributed by atoms with Gasteiger partial charge >= 0.3 is 0 Å². The number of aromatic nitrogens is 2. The highest BCUT2D eigenvalue weighted by Gasteiger charge is 2.12. The molecule has 1 aromatic heterocycles. The van der Waals surface area contributed by atoms with Crippen molar-refractivity contribution in [3.63, 3.8) is 0 Å². The number of nitrogens with zero attached hydrogens (tertiary/aromatic N) is 2. The van der Waals surface area contributed by atoms with Crippen LogP contribution in [0, 0.1) is 0 Å². The van der Waals surface area contributed by atoms with Crippen molar-refractivity contribution in [2.45, 2.75) is 0 Å². The summed E-state index contributed by atoms with van der Waals surface area (Å²) in [7, 11) is 0. The van der Waals surface area contributed by atoms with Crippen molar-refractivity contribution in [2.75, 3.05) is 0 Å². The van der Waals surface area contributed by atoms with Crippen molar-refractivity contribution in [3.8, 4) is 5.69 Å². The monoisotopic (exact) mass is 392 g/mol. The summed E-state index contributed by atoms with van der Waals surface area (Å²) in [6, 6.07) is 21.9. The third kappa shape index (κ3) is 3.52. The van der Waals surface area contributed by atoms with Crippen molar-refractivity contribution >= 4 is 46.3 Å². The van der Waals surface area contributed by atoms with Crippen molar-refractivity contribution < 1.29 is 0 Å². The predicted molar refractivity (Wildman–Crippen MR) is 113 cm³/mol. The fraction of sp³-hybridized carbons (Fsp3) is 0. The van der Waals surface area contributed by atoms with Crippen LogP contribution in [-0.4, -0.2) is 9.78 Å². The summed E-state index contributed by atoms with van der Waals surface area (Å²) in [6.45, 7) is 0. The van der Waals surface area contributed by atoms with E-state index in [1.165, 1.54) is 0 Å². The molecule has 4 aromatic rings. The van der Waals surface area contributed by atoms with Crippen LogP contribution in [0.5, 0.6) is 0 Å². The zero-order chi connectivity index (χ0) is 18.8. The molecule has 0 fully saturated rings. The second kappa shape index (κ2) is 7.39. The van der Waals surface area contributed by atoms with Crippen LogP contribution < -0.4 is 5.43 Å². The van der Waals surface area contributed by atoms with Gasteiger partial charge in [-0.2, -0.15) is 5.10 Å². The Labute approximate surface area is 166 Å². The Hall–Kier alpha value is -2.88. The Kier molecular flexibility index (Phi) is 4.80. The molecule has 0 atom stereocenters. The number of hydrogen-bond acceptors (Lipinski definition) is 2. The minimum atomic E-state index is -0.0875. The summed E-state index contributed by atoms with van der Waals surface area (Å²) in [5.74, 6) is 0. The predicted octanol–water partition coefficient (Wildman–Crippen LogP) is 5.86. The maximum absolute atomic E-state index is 12.6. The van der Waals surface area contributed by atoms with Gasteiger partial charge in [0.25, 0.3) is 0 Å². The topological polar surface area (TPSA) is 34.9 Å². The number of para-hydroxylation sites is 1. The molecule has 0 spiro atoms. The molecule has 0 aliphatic heterocycles. The van der Waals surface area contributed by atoms with Crippen LogP contribution in [-0.2, 0) is 0 Å². The molecule has 27 heavy (non-hydrogen) atoms. The van der Waals surface area contributed by atoms with Crippen LogP contribution in [0.3, 0.4) is 0 Å². The lowest BCUT2D eigenvalue weighted by Gasteiger charge is -2.01. The van der Waals surface area contributed by atoms with Crippen molar-refractivity contribution in [1.82, 2.24) is 9.78 Å². The van der Waals surface area contributed by atoms with Crippen LogP contribution in [0.25, 0.3) is 28.7 Å². The first kappa shape index (κ1) is 17.5. The van der Waals surface area contributed by atoms with E-state index in [0.29, 0.717) is 21.3 Å². The van der Waals surface area contributed by atoms with E-state index in [9.17, 15) is 4.79 Å². The van der Waals surface area contributed by atoms with E-state index in [1.807, 2.05) is 60.7 Å². The highest BCUT2D eigenvalue weighted by atomic mass is 35.5. The Morgan fingerprint density at radius 3 is 2.37 bits per heavy atom. The molecule has 4 rings (SSSR count). The number of fused-ring (bicyclic) bond motifs is 1. The molecule has 0 unspecified atom stereocenters. The fourth-order valence-corrected chi connectivity index (χ4v) is 3.38. The Bertz CT molecular complexity index is 1210. The van der Waals surface area contributed by atoms with Crippen LogP contribution in [0.1, 0.15) is 11.3 Å². The first-order valence-corrected chi connectivity index (χ1v) is 9.10. The lowest BCUT2D eigenvalue weighted by molar-refractivity contribution is 0.902. The summed E-state index contributed by atoms with van der Waals surface area (Å²) >= 11 is 12.2. The van der Waals surface area contributed by atoms with Gasteiger partial charge in [-0.3, -0.25) is 4.79 Å². The van der Waals surface area contributed by atoms with E-state index in [2.05, 4.69) is 5.10 Å². The van der Waals surface area contributed by atoms with Crippen LogP contribution in [0.2, 0.25) is 10.0 Å². The van der Waals surface area contributed by atoms with Crippen LogP contribution in [0.4, 0.5) is 0 Å². The molecule has 132 valence electrons. The maximum atomic E-state index is 12.6. The van der Waals surface area contributed by atoms with Gasteiger partial charge in [0.1, 0.15) is 5.52 Å². The average molecular weight is 393 g/mol. The van der Waals surface area contributed by atoms with Gasteiger partial charge in [-0.05, 0) is 42.0 Å². The highest BCUT2D eigenvalue weighted by molar-refractivity contribution is 6.35. The van der Waals surface area contributed by atoms with Gasteiger partial charge in [0.2, 0.25) is 5.43 Å². The third-order valence-corrected chi connectivity index (χ3v) is 4.75. The van der Waals surface area contributed by atoms with Gasteiger partial charge in [-0.1, -0.05) is 71.7 Å². The van der Waals surface area contributed by atoms with E-state index >= 15 is 0 Å². The van der Waals surface area contributed by atoms with E-state index in [0.717, 1.165) is 16.6 Å². The minimum Gasteiger partial charge on any atom is -0.288 e. The van der Waals surface area contributed by atoms with Crippen LogP contribution in [0.15, 0.2) is 77.6 Å². The van der Waals surface area contributed by atoms with Crippen LogP contribution >= 0.6 is 23.2 Å².